The van der Waals surface area contributed by atoms with E-state index in [9.17, 15) is 8.42 Å². The second kappa shape index (κ2) is 3.83. The summed E-state index contributed by atoms with van der Waals surface area (Å²) in [5, 5.41) is 0. The van der Waals surface area contributed by atoms with Gasteiger partial charge in [-0.3, -0.25) is 4.18 Å². The molecule has 2 rings (SSSR count). The minimum Gasteiger partial charge on any atom is -0.399 e. The fourth-order valence-corrected chi connectivity index (χ4v) is 2.15. The zero-order chi connectivity index (χ0) is 10.9. The lowest BCUT2D eigenvalue weighted by Gasteiger charge is -2.04. The van der Waals surface area contributed by atoms with Crippen LogP contribution in [0.3, 0.4) is 0 Å². The normalized spacial score (nSPS) is 16.5. The van der Waals surface area contributed by atoms with E-state index < -0.39 is 10.1 Å². The van der Waals surface area contributed by atoms with Gasteiger partial charge in [-0.1, -0.05) is 0 Å². The van der Waals surface area contributed by atoms with Crippen molar-refractivity contribution in [3.05, 3.63) is 24.3 Å². The maximum atomic E-state index is 11.6. The monoisotopic (exact) mass is 227 g/mol. The van der Waals surface area contributed by atoms with Crippen LogP contribution in [0.5, 0.6) is 0 Å². The van der Waals surface area contributed by atoms with Crippen LogP contribution >= 0.6 is 0 Å². The molecule has 2 N–H and O–H groups in total. The molecule has 1 aliphatic rings. The van der Waals surface area contributed by atoms with E-state index in [2.05, 4.69) is 0 Å². The molecule has 5 heteroatoms. The lowest BCUT2D eigenvalue weighted by atomic mass is 10.3. The third kappa shape index (κ3) is 2.70. The quantitative estimate of drug-likeness (QED) is 0.623. The van der Waals surface area contributed by atoms with Gasteiger partial charge >= 0.3 is 0 Å². The summed E-state index contributed by atoms with van der Waals surface area (Å²) in [7, 11) is -3.59. The Morgan fingerprint density at radius 3 is 2.40 bits per heavy atom. The molecule has 0 bridgehead atoms. The first kappa shape index (κ1) is 10.4. The SMILES string of the molecule is Nc1ccc(S(=O)(=O)OCC2CC2)cc1. The maximum Gasteiger partial charge on any atom is 0.296 e. The van der Waals surface area contributed by atoms with Crippen molar-refractivity contribution in [2.75, 3.05) is 12.3 Å². The standard InChI is InChI=1S/C10H13NO3S/c11-9-3-5-10(6-4-9)15(12,13)14-7-8-1-2-8/h3-6,8H,1-2,7,11H2. The first-order chi connectivity index (χ1) is 7.08. The van der Waals surface area contributed by atoms with Crippen LogP contribution in [0, 0.1) is 5.92 Å². The molecular weight excluding hydrogens is 214 g/mol. The summed E-state index contributed by atoms with van der Waals surface area (Å²) in [4.78, 5) is 0.164. The van der Waals surface area contributed by atoms with Crippen molar-refractivity contribution in [1.29, 1.82) is 0 Å². The van der Waals surface area contributed by atoms with Crippen molar-refractivity contribution in [2.24, 2.45) is 5.92 Å². The molecule has 1 aliphatic carbocycles. The highest BCUT2D eigenvalue weighted by molar-refractivity contribution is 7.86. The summed E-state index contributed by atoms with van der Waals surface area (Å²) in [6.07, 6.45) is 2.13. The Labute approximate surface area is 89.2 Å². The molecule has 4 nitrogen and oxygen atoms in total. The van der Waals surface area contributed by atoms with Gasteiger partial charge < -0.3 is 5.73 Å². The molecule has 1 aromatic carbocycles. The third-order valence-electron chi connectivity index (χ3n) is 2.32. The second-order valence-corrected chi connectivity index (χ2v) is 5.37. The number of hydrogen-bond donors (Lipinski definition) is 1. The fourth-order valence-electron chi connectivity index (χ4n) is 1.17. The molecule has 0 aromatic heterocycles. The summed E-state index contributed by atoms with van der Waals surface area (Å²) >= 11 is 0. The lowest BCUT2D eigenvalue weighted by molar-refractivity contribution is 0.302. The Morgan fingerprint density at radius 2 is 1.87 bits per heavy atom. The molecule has 0 heterocycles. The van der Waals surface area contributed by atoms with E-state index in [1.165, 1.54) is 12.1 Å². The van der Waals surface area contributed by atoms with E-state index in [1.54, 1.807) is 12.1 Å². The van der Waals surface area contributed by atoms with Crippen molar-refractivity contribution < 1.29 is 12.6 Å². The molecule has 0 aliphatic heterocycles. The second-order valence-electron chi connectivity index (χ2n) is 3.75. The number of hydrogen-bond acceptors (Lipinski definition) is 4. The molecule has 0 radical (unpaired) electrons. The zero-order valence-electron chi connectivity index (χ0n) is 8.22. The summed E-state index contributed by atoms with van der Waals surface area (Å²) in [5.41, 5.74) is 6.00. The predicted molar refractivity (Wildman–Crippen MR) is 56.7 cm³/mol. The molecule has 0 spiro atoms. The molecule has 1 saturated carbocycles. The third-order valence-corrected chi connectivity index (χ3v) is 3.62. The Morgan fingerprint density at radius 1 is 1.27 bits per heavy atom. The van der Waals surface area contributed by atoms with Crippen molar-refractivity contribution in [2.45, 2.75) is 17.7 Å². The topological polar surface area (TPSA) is 69.4 Å². The maximum absolute atomic E-state index is 11.6. The molecule has 0 saturated heterocycles. The van der Waals surface area contributed by atoms with Crippen LogP contribution in [0.2, 0.25) is 0 Å². The van der Waals surface area contributed by atoms with E-state index in [1.807, 2.05) is 0 Å². The van der Waals surface area contributed by atoms with Crippen LogP contribution in [0.15, 0.2) is 29.2 Å². The van der Waals surface area contributed by atoms with Gasteiger partial charge in [-0.05, 0) is 43.0 Å². The van der Waals surface area contributed by atoms with Gasteiger partial charge in [0.25, 0.3) is 10.1 Å². The van der Waals surface area contributed by atoms with Crippen LogP contribution in [-0.2, 0) is 14.3 Å². The number of nitrogens with two attached hydrogens (primary N) is 1. The number of rotatable bonds is 4. The van der Waals surface area contributed by atoms with Gasteiger partial charge in [0, 0.05) is 5.69 Å². The Kier molecular flexibility index (Phi) is 2.67. The average Bonchev–Trinajstić information content (AvgIpc) is 2.99. The Bertz CT molecular complexity index is 434. The van der Waals surface area contributed by atoms with E-state index in [0.717, 1.165) is 12.8 Å². The van der Waals surface area contributed by atoms with Crippen LogP contribution in [0.1, 0.15) is 12.8 Å². The first-order valence-corrected chi connectivity index (χ1v) is 6.24. The molecular formula is C10H13NO3S. The van der Waals surface area contributed by atoms with E-state index in [0.29, 0.717) is 18.2 Å². The minimum atomic E-state index is -3.59. The predicted octanol–water partition coefficient (Wildman–Crippen LogP) is 1.38. The highest BCUT2D eigenvalue weighted by atomic mass is 32.2. The Balaban J connectivity index is 2.09. The minimum absolute atomic E-state index is 0.164. The summed E-state index contributed by atoms with van der Waals surface area (Å²) < 4.78 is 28.1. The number of anilines is 1. The summed E-state index contributed by atoms with van der Waals surface area (Å²) in [6.45, 7) is 0.298. The van der Waals surface area contributed by atoms with Crippen LogP contribution in [0.25, 0.3) is 0 Å². The zero-order valence-corrected chi connectivity index (χ0v) is 9.03. The highest BCUT2D eigenvalue weighted by Gasteiger charge is 2.25. The van der Waals surface area contributed by atoms with Crippen molar-refractivity contribution in [1.82, 2.24) is 0 Å². The van der Waals surface area contributed by atoms with Crippen LogP contribution < -0.4 is 5.73 Å². The van der Waals surface area contributed by atoms with Crippen LogP contribution in [0.4, 0.5) is 5.69 Å². The van der Waals surface area contributed by atoms with Crippen LogP contribution in [-0.4, -0.2) is 15.0 Å². The number of nitrogen functional groups attached to an aromatic ring is 1. The smallest absolute Gasteiger partial charge is 0.296 e. The highest BCUT2D eigenvalue weighted by Crippen LogP contribution is 2.30. The summed E-state index contributed by atoms with van der Waals surface area (Å²) in [6, 6.07) is 6.01. The van der Waals surface area contributed by atoms with E-state index in [4.69, 9.17) is 9.92 Å². The molecule has 1 fully saturated rings. The first-order valence-electron chi connectivity index (χ1n) is 4.83. The molecule has 1 aromatic rings. The molecule has 82 valence electrons. The van der Waals surface area contributed by atoms with Gasteiger partial charge in [-0.15, -0.1) is 0 Å². The van der Waals surface area contributed by atoms with Crippen molar-refractivity contribution >= 4 is 15.8 Å². The van der Waals surface area contributed by atoms with Gasteiger partial charge in [0.15, 0.2) is 0 Å². The van der Waals surface area contributed by atoms with E-state index >= 15 is 0 Å². The van der Waals surface area contributed by atoms with Gasteiger partial charge in [0.05, 0.1) is 11.5 Å². The molecule has 0 amide bonds. The fraction of sp³-hybridized carbons (Fsp3) is 0.400. The molecule has 15 heavy (non-hydrogen) atoms. The van der Waals surface area contributed by atoms with E-state index in [-0.39, 0.29) is 4.90 Å². The molecule has 0 atom stereocenters. The van der Waals surface area contributed by atoms with Gasteiger partial charge in [-0.25, -0.2) is 0 Å². The summed E-state index contributed by atoms with van der Waals surface area (Å²) in [5.74, 6) is 0.425. The number of benzene rings is 1. The van der Waals surface area contributed by atoms with Gasteiger partial charge in [-0.2, -0.15) is 8.42 Å². The lowest BCUT2D eigenvalue weighted by Crippen LogP contribution is -2.08. The molecule has 0 unspecified atom stereocenters. The average molecular weight is 227 g/mol. The van der Waals surface area contributed by atoms with Crippen molar-refractivity contribution in [3.8, 4) is 0 Å². The Hall–Kier alpha value is -1.07. The van der Waals surface area contributed by atoms with Gasteiger partial charge in [0.1, 0.15) is 0 Å². The largest absolute Gasteiger partial charge is 0.399 e. The van der Waals surface area contributed by atoms with Gasteiger partial charge in [0.2, 0.25) is 0 Å². The van der Waals surface area contributed by atoms with Crippen molar-refractivity contribution in [3.63, 3.8) is 0 Å².